The molecule has 0 aromatic rings. The third kappa shape index (κ3) is 7.67. The Morgan fingerprint density at radius 1 is 0.857 bits per heavy atom. The van der Waals surface area contributed by atoms with E-state index in [1.54, 1.807) is 46.2 Å². The van der Waals surface area contributed by atoms with E-state index in [0.29, 0.717) is 5.12 Å². The Morgan fingerprint density at radius 3 is 1.48 bits per heavy atom. The van der Waals surface area contributed by atoms with Crippen molar-refractivity contribution >= 4 is 6.03 Å². The minimum absolute atomic E-state index is 0.426. The average molecular weight is 298 g/mol. The van der Waals surface area contributed by atoms with Gasteiger partial charge >= 0.3 is 6.03 Å². The van der Waals surface area contributed by atoms with E-state index in [9.17, 15) is 4.79 Å². The number of hydrazine groups is 2. The molecule has 2 aliphatic carbocycles. The lowest BCUT2D eigenvalue weighted by molar-refractivity contribution is 0.173. The molecule has 0 saturated heterocycles. The van der Waals surface area contributed by atoms with Crippen LogP contribution in [0.2, 0.25) is 0 Å². The van der Waals surface area contributed by atoms with Crippen LogP contribution in [0.25, 0.3) is 0 Å². The second kappa shape index (κ2) is 10.0. The monoisotopic (exact) mass is 298 g/mol. The fourth-order valence-corrected chi connectivity index (χ4v) is 3.55. The molecular formula is C16H34N4O. The summed E-state index contributed by atoms with van der Waals surface area (Å²) in [5.74, 6) is 12.0. The summed E-state index contributed by atoms with van der Waals surface area (Å²) >= 11 is 0. The molecule has 0 bridgehead atoms. The van der Waals surface area contributed by atoms with E-state index in [2.05, 4.69) is 0 Å². The molecule has 2 aliphatic rings. The maximum atomic E-state index is 10.4. The number of rotatable bonds is 2. The van der Waals surface area contributed by atoms with Crippen LogP contribution in [0.3, 0.4) is 0 Å². The van der Waals surface area contributed by atoms with Crippen LogP contribution in [0.15, 0.2) is 0 Å². The quantitative estimate of drug-likeness (QED) is 0.467. The van der Waals surface area contributed by atoms with Crippen molar-refractivity contribution in [2.75, 3.05) is 14.1 Å². The van der Waals surface area contributed by atoms with Crippen LogP contribution >= 0.6 is 0 Å². The predicted molar refractivity (Wildman–Crippen MR) is 87.1 cm³/mol. The van der Waals surface area contributed by atoms with Gasteiger partial charge in [0.05, 0.1) is 0 Å². The highest BCUT2D eigenvalue weighted by Gasteiger charge is 2.20. The SMILES string of the molecule is C1CCC(CC2CCCCC2)CC1.CN(C)C(=O)N(N)N. The molecule has 5 nitrogen and oxygen atoms in total. The summed E-state index contributed by atoms with van der Waals surface area (Å²) < 4.78 is 0. The molecule has 0 aromatic heterocycles. The number of nitrogens with two attached hydrogens (primary N) is 2. The van der Waals surface area contributed by atoms with E-state index in [0.717, 1.165) is 11.8 Å². The van der Waals surface area contributed by atoms with Gasteiger partial charge in [-0.2, -0.15) is 5.12 Å². The summed E-state index contributed by atoms with van der Waals surface area (Å²) in [6.07, 6.45) is 16.9. The van der Waals surface area contributed by atoms with Gasteiger partial charge in [0.1, 0.15) is 0 Å². The van der Waals surface area contributed by atoms with Crippen LogP contribution in [0.4, 0.5) is 4.79 Å². The zero-order chi connectivity index (χ0) is 15.7. The van der Waals surface area contributed by atoms with Gasteiger partial charge in [0.25, 0.3) is 0 Å². The molecule has 0 spiro atoms. The maximum absolute atomic E-state index is 10.4. The predicted octanol–water partition coefficient (Wildman–Crippen LogP) is 3.25. The molecule has 0 unspecified atom stereocenters. The third-order valence-electron chi connectivity index (χ3n) is 4.72. The van der Waals surface area contributed by atoms with E-state index in [4.69, 9.17) is 11.7 Å². The van der Waals surface area contributed by atoms with Crippen molar-refractivity contribution in [3.05, 3.63) is 0 Å². The van der Waals surface area contributed by atoms with Gasteiger partial charge < -0.3 is 4.90 Å². The molecule has 0 atom stereocenters. The van der Waals surface area contributed by atoms with Gasteiger partial charge in [-0.25, -0.2) is 16.5 Å². The molecule has 0 aromatic carbocycles. The number of amides is 2. The molecule has 2 amide bonds. The van der Waals surface area contributed by atoms with Gasteiger partial charge in [-0.15, -0.1) is 0 Å². The second-order valence-corrected chi connectivity index (χ2v) is 6.83. The van der Waals surface area contributed by atoms with Gasteiger partial charge in [-0.1, -0.05) is 64.2 Å². The molecule has 0 aliphatic heterocycles. The first-order valence-corrected chi connectivity index (χ1v) is 8.51. The lowest BCUT2D eigenvalue weighted by atomic mass is 9.78. The summed E-state index contributed by atoms with van der Waals surface area (Å²) in [6, 6.07) is -0.426. The van der Waals surface area contributed by atoms with Crippen molar-refractivity contribution in [2.24, 2.45) is 23.5 Å². The highest BCUT2D eigenvalue weighted by molar-refractivity contribution is 5.72. The zero-order valence-corrected chi connectivity index (χ0v) is 13.9. The molecule has 4 N–H and O–H groups in total. The standard InChI is InChI=1S/C13H24.C3H10N4O/c1-3-7-12(8-4-1)11-13-9-5-2-6-10-13;1-6(2)3(8)7(4)5/h12-13H,1-11H2;4-5H2,1-2H3. The van der Waals surface area contributed by atoms with Crippen molar-refractivity contribution in [3.63, 3.8) is 0 Å². The molecule has 124 valence electrons. The summed E-state index contributed by atoms with van der Waals surface area (Å²) in [7, 11) is 3.13. The molecule has 21 heavy (non-hydrogen) atoms. The molecular weight excluding hydrogens is 264 g/mol. The maximum Gasteiger partial charge on any atom is 0.348 e. The molecule has 2 rings (SSSR count). The van der Waals surface area contributed by atoms with Crippen LogP contribution in [0.1, 0.15) is 70.6 Å². The Balaban J connectivity index is 0.000000240. The molecule has 2 fully saturated rings. The van der Waals surface area contributed by atoms with E-state index in [-0.39, 0.29) is 0 Å². The van der Waals surface area contributed by atoms with Crippen molar-refractivity contribution < 1.29 is 4.79 Å². The van der Waals surface area contributed by atoms with Crippen LogP contribution in [0.5, 0.6) is 0 Å². The summed E-state index contributed by atoms with van der Waals surface area (Å²) in [5.41, 5.74) is 0. The van der Waals surface area contributed by atoms with Crippen LogP contribution < -0.4 is 11.7 Å². The van der Waals surface area contributed by atoms with Gasteiger partial charge in [0.2, 0.25) is 0 Å². The minimum atomic E-state index is -0.426. The topological polar surface area (TPSA) is 75.6 Å². The van der Waals surface area contributed by atoms with Gasteiger partial charge in [-0.3, -0.25) is 0 Å². The van der Waals surface area contributed by atoms with Crippen LogP contribution in [-0.2, 0) is 0 Å². The minimum Gasteiger partial charge on any atom is -0.329 e. The highest BCUT2D eigenvalue weighted by atomic mass is 16.2. The normalized spacial score (nSPS) is 20.4. The first-order chi connectivity index (χ1) is 10.0. The van der Waals surface area contributed by atoms with Gasteiger partial charge in [0.15, 0.2) is 0 Å². The zero-order valence-electron chi connectivity index (χ0n) is 13.9. The van der Waals surface area contributed by atoms with Crippen LogP contribution in [0, 0.1) is 11.8 Å². The van der Waals surface area contributed by atoms with Crippen molar-refractivity contribution in [1.29, 1.82) is 0 Å². The Kier molecular flexibility index (Phi) is 8.69. The summed E-state index contributed by atoms with van der Waals surface area (Å²) in [4.78, 5) is 11.7. The number of carbonyl (C=O) groups is 1. The molecule has 0 radical (unpaired) electrons. The Morgan fingerprint density at radius 2 is 1.24 bits per heavy atom. The van der Waals surface area contributed by atoms with E-state index >= 15 is 0 Å². The molecule has 2 saturated carbocycles. The van der Waals surface area contributed by atoms with E-state index < -0.39 is 6.03 Å². The molecule has 5 heteroatoms. The number of hydrogen-bond acceptors (Lipinski definition) is 3. The Bertz CT molecular complexity index is 256. The Labute approximate surface area is 130 Å². The van der Waals surface area contributed by atoms with Gasteiger partial charge in [-0.05, 0) is 18.3 Å². The highest BCUT2D eigenvalue weighted by Crippen LogP contribution is 2.34. The van der Waals surface area contributed by atoms with E-state index in [1.807, 2.05) is 0 Å². The van der Waals surface area contributed by atoms with E-state index in [1.165, 1.54) is 43.4 Å². The lowest BCUT2D eigenvalue weighted by Crippen LogP contribution is -2.48. The van der Waals surface area contributed by atoms with Crippen molar-refractivity contribution in [1.82, 2.24) is 10.0 Å². The summed E-state index contributed by atoms with van der Waals surface area (Å²) in [5, 5.41) is 0.528. The fourth-order valence-electron chi connectivity index (χ4n) is 3.55. The second-order valence-electron chi connectivity index (χ2n) is 6.83. The fraction of sp³-hybridized carbons (Fsp3) is 0.938. The number of urea groups is 1. The Hall–Kier alpha value is -0.810. The van der Waals surface area contributed by atoms with Gasteiger partial charge in [0, 0.05) is 14.1 Å². The summed E-state index contributed by atoms with van der Waals surface area (Å²) in [6.45, 7) is 0. The molecule has 0 heterocycles. The third-order valence-corrected chi connectivity index (χ3v) is 4.72. The van der Waals surface area contributed by atoms with Crippen molar-refractivity contribution in [3.8, 4) is 0 Å². The smallest absolute Gasteiger partial charge is 0.329 e. The number of carbonyl (C=O) groups excluding carboxylic acids is 1. The van der Waals surface area contributed by atoms with Crippen molar-refractivity contribution in [2.45, 2.75) is 70.6 Å². The first-order valence-electron chi connectivity index (χ1n) is 8.51. The first kappa shape index (κ1) is 18.2. The average Bonchev–Trinajstić information content (AvgIpc) is 2.49. The largest absolute Gasteiger partial charge is 0.348 e. The van der Waals surface area contributed by atoms with Crippen LogP contribution in [-0.4, -0.2) is 30.1 Å². The number of nitrogens with zero attached hydrogens (tertiary/aromatic N) is 2. The number of hydrogen-bond donors (Lipinski definition) is 2. The lowest BCUT2D eigenvalue weighted by Gasteiger charge is -2.28.